The Kier molecular flexibility index (Phi) is 52.0. The molecule has 0 spiro atoms. The van der Waals surface area contributed by atoms with Gasteiger partial charge in [0, 0.05) is 5.97 Å². The standard InChI is InChI=1S/C2H4O2.BrH.2Cd/c1-2(3)4;;;/h1H3,(H,3,4);1H;;/q;;2*+2/p-2. The molecule has 0 N–H and O–H groups in total. The molecular formula is C2H3BrCd2O2+2. The average Bonchev–Trinajstić information content (AvgIpc) is 0.811. The molecule has 0 rings (SSSR count). The molecule has 0 atom stereocenters. The fourth-order valence-electron chi connectivity index (χ4n) is 0. The first-order valence-electron chi connectivity index (χ1n) is 0.908. The summed E-state index contributed by atoms with van der Waals surface area (Å²) >= 11 is 0. The van der Waals surface area contributed by atoms with E-state index in [1.54, 1.807) is 0 Å². The molecule has 7 heavy (non-hydrogen) atoms. The summed E-state index contributed by atoms with van der Waals surface area (Å²) in [6, 6.07) is 0. The zero-order valence-corrected chi connectivity index (χ0v) is 13.8. The van der Waals surface area contributed by atoms with E-state index in [2.05, 4.69) is 0 Å². The van der Waals surface area contributed by atoms with E-state index in [4.69, 9.17) is 9.90 Å². The fourth-order valence-corrected chi connectivity index (χ4v) is 0. The van der Waals surface area contributed by atoms with E-state index < -0.39 is 5.97 Å². The van der Waals surface area contributed by atoms with E-state index in [1.165, 1.54) is 0 Å². The van der Waals surface area contributed by atoms with Gasteiger partial charge in [0.15, 0.2) is 0 Å². The zero-order valence-electron chi connectivity index (χ0n) is 4.11. The van der Waals surface area contributed by atoms with Gasteiger partial charge in [-0.05, 0) is 6.92 Å². The Hall–Kier alpha value is 1.79. The Morgan fingerprint density at radius 3 is 1.43 bits per heavy atom. The maximum atomic E-state index is 8.89. The maximum absolute atomic E-state index is 8.89. The summed E-state index contributed by atoms with van der Waals surface area (Å²) in [5, 5.41) is 8.89. The van der Waals surface area contributed by atoms with Crippen LogP contribution in [-0.4, -0.2) is 5.97 Å². The van der Waals surface area contributed by atoms with Crippen LogP contribution in [0.1, 0.15) is 6.92 Å². The third-order valence-electron chi connectivity index (χ3n) is 0. The molecule has 0 saturated heterocycles. The first-order valence-corrected chi connectivity index (χ1v) is 0.908. The molecule has 2 nitrogen and oxygen atoms in total. The van der Waals surface area contributed by atoms with Gasteiger partial charge in [0.1, 0.15) is 0 Å². The van der Waals surface area contributed by atoms with Crippen LogP contribution in [0.3, 0.4) is 0 Å². The van der Waals surface area contributed by atoms with Crippen molar-refractivity contribution in [3.63, 3.8) is 0 Å². The van der Waals surface area contributed by atoms with Gasteiger partial charge in [0.2, 0.25) is 0 Å². The van der Waals surface area contributed by atoms with E-state index in [0.29, 0.717) is 0 Å². The van der Waals surface area contributed by atoms with Crippen molar-refractivity contribution in [1.29, 1.82) is 0 Å². The molecule has 0 aliphatic heterocycles. The minimum Gasteiger partial charge on any atom is -1.00 e. The molecule has 0 aliphatic rings. The van der Waals surface area contributed by atoms with Crippen LogP contribution in [0.4, 0.5) is 0 Å². The van der Waals surface area contributed by atoms with Crippen LogP contribution in [0.5, 0.6) is 0 Å². The molecule has 0 fully saturated rings. The Morgan fingerprint density at radius 1 is 1.43 bits per heavy atom. The quantitative estimate of drug-likeness (QED) is 0.409. The van der Waals surface area contributed by atoms with Crippen LogP contribution in [-0.2, 0) is 59.4 Å². The normalized spacial score (nSPS) is 3.57. The van der Waals surface area contributed by atoms with E-state index in [-0.39, 0.29) is 71.6 Å². The van der Waals surface area contributed by atoms with Crippen molar-refractivity contribution in [1.82, 2.24) is 0 Å². The van der Waals surface area contributed by atoms with E-state index in [1.807, 2.05) is 0 Å². The molecule has 0 aromatic carbocycles. The topological polar surface area (TPSA) is 40.1 Å². The number of rotatable bonds is 0. The van der Waals surface area contributed by atoms with Crippen molar-refractivity contribution in [2.24, 2.45) is 0 Å². The zero-order chi connectivity index (χ0) is 3.58. The van der Waals surface area contributed by atoms with Gasteiger partial charge in [-0.15, -0.1) is 0 Å². The monoisotopic (exact) mass is 366 g/mol. The molecule has 0 heterocycles. The molecule has 32 valence electrons. The number of carboxylic acid groups (broad SMARTS) is 1. The van der Waals surface area contributed by atoms with Gasteiger partial charge >= 0.3 is 54.6 Å². The van der Waals surface area contributed by atoms with E-state index in [0.717, 1.165) is 6.92 Å². The summed E-state index contributed by atoms with van der Waals surface area (Å²) < 4.78 is 0. The van der Waals surface area contributed by atoms with Gasteiger partial charge in [0.05, 0.1) is 0 Å². The Labute approximate surface area is 93.1 Å². The summed E-state index contributed by atoms with van der Waals surface area (Å²) in [5.74, 6) is -1.08. The SMILES string of the molecule is CC(=O)[O-].[Br-].[Cd+2].[Cd+2]. The van der Waals surface area contributed by atoms with Crippen LogP contribution in [0.2, 0.25) is 0 Å². The second kappa shape index (κ2) is 15.7. The molecule has 0 amide bonds. The molecule has 0 radical (unpaired) electrons. The summed E-state index contributed by atoms with van der Waals surface area (Å²) in [6.45, 7) is 0.972. The van der Waals surface area contributed by atoms with Gasteiger partial charge in [-0.25, -0.2) is 0 Å². The van der Waals surface area contributed by atoms with Crippen LogP contribution in [0.15, 0.2) is 0 Å². The van der Waals surface area contributed by atoms with Gasteiger partial charge in [-0.1, -0.05) is 0 Å². The van der Waals surface area contributed by atoms with Gasteiger partial charge in [-0.3, -0.25) is 0 Å². The molecular weight excluding hydrogens is 361 g/mol. The molecule has 0 aromatic heterocycles. The summed E-state index contributed by atoms with van der Waals surface area (Å²) in [5.41, 5.74) is 0. The second-order valence-corrected chi connectivity index (χ2v) is 0.492. The van der Waals surface area contributed by atoms with Crippen molar-refractivity contribution < 1.29 is 81.5 Å². The first-order chi connectivity index (χ1) is 1.73. The number of hydrogen-bond donors (Lipinski definition) is 0. The van der Waals surface area contributed by atoms with Crippen molar-refractivity contribution in [2.45, 2.75) is 6.92 Å². The molecule has 5 heteroatoms. The predicted molar refractivity (Wildman–Crippen MR) is 10.7 cm³/mol. The molecule has 0 unspecified atom stereocenters. The smallest absolute Gasteiger partial charge is 1.00 e. The Morgan fingerprint density at radius 2 is 1.43 bits per heavy atom. The van der Waals surface area contributed by atoms with Gasteiger partial charge < -0.3 is 26.9 Å². The molecule has 0 aromatic rings. The summed E-state index contributed by atoms with van der Waals surface area (Å²) in [7, 11) is 0. The first kappa shape index (κ1) is 23.2. The molecule has 0 bridgehead atoms. The molecule has 0 saturated carbocycles. The third kappa shape index (κ3) is 81.3. The van der Waals surface area contributed by atoms with Crippen molar-refractivity contribution in [3.05, 3.63) is 0 Å². The Balaban J connectivity index is -0.0000000150. The number of hydrogen-bond acceptors (Lipinski definition) is 2. The van der Waals surface area contributed by atoms with Crippen LogP contribution >= 0.6 is 0 Å². The van der Waals surface area contributed by atoms with Crippen LogP contribution < -0.4 is 22.1 Å². The van der Waals surface area contributed by atoms with Crippen molar-refractivity contribution in [2.75, 3.05) is 0 Å². The second-order valence-electron chi connectivity index (χ2n) is 0.492. The fraction of sp³-hybridized carbons (Fsp3) is 0.500. The third-order valence-corrected chi connectivity index (χ3v) is 0. The van der Waals surface area contributed by atoms with Crippen molar-refractivity contribution in [3.8, 4) is 0 Å². The van der Waals surface area contributed by atoms with Crippen LogP contribution in [0.25, 0.3) is 0 Å². The van der Waals surface area contributed by atoms with Crippen molar-refractivity contribution >= 4 is 5.97 Å². The largest absolute Gasteiger partial charge is 2.00 e. The number of aliphatic carboxylic acids is 1. The minimum atomic E-state index is -1.08. The Bertz CT molecular complexity index is 36.7. The summed E-state index contributed by atoms with van der Waals surface area (Å²) in [4.78, 5) is 8.89. The van der Waals surface area contributed by atoms with Gasteiger partial charge in [0.25, 0.3) is 0 Å². The van der Waals surface area contributed by atoms with E-state index >= 15 is 0 Å². The summed E-state index contributed by atoms with van der Waals surface area (Å²) in [6.07, 6.45) is 0. The van der Waals surface area contributed by atoms with Crippen LogP contribution in [0, 0.1) is 0 Å². The minimum absolute atomic E-state index is 0. The number of halogens is 1. The molecule has 0 aliphatic carbocycles. The predicted octanol–water partition coefficient (Wildman–Crippen LogP) is -4.24. The van der Waals surface area contributed by atoms with E-state index in [9.17, 15) is 0 Å². The number of carboxylic acids is 1. The average molecular weight is 364 g/mol. The van der Waals surface area contributed by atoms with Gasteiger partial charge in [-0.2, -0.15) is 0 Å². The number of carbonyl (C=O) groups excluding carboxylic acids is 1. The number of carbonyl (C=O) groups is 1. The maximum Gasteiger partial charge on any atom is 2.00 e.